The van der Waals surface area contributed by atoms with E-state index in [-0.39, 0.29) is 18.1 Å². The Balaban J connectivity index is 1.47. The van der Waals surface area contributed by atoms with Crippen LogP contribution in [0.4, 0.5) is 0 Å². The summed E-state index contributed by atoms with van der Waals surface area (Å²) in [6, 6.07) is 0. The average Bonchev–Trinajstić information content (AvgIpc) is 3.09. The van der Waals surface area contributed by atoms with Crippen LogP contribution in [0.5, 0.6) is 0 Å². The zero-order valence-corrected chi connectivity index (χ0v) is 21.9. The molecule has 0 aromatic carbocycles. The zero-order chi connectivity index (χ0) is 24.0. The topological polar surface area (TPSA) is 69.9 Å². The van der Waals surface area contributed by atoms with Gasteiger partial charge < -0.3 is 20.1 Å². The first kappa shape index (κ1) is 25.7. The molecule has 0 bridgehead atoms. The van der Waals surface area contributed by atoms with E-state index < -0.39 is 11.7 Å². The molecule has 4 heteroatoms. The third-order valence-electron chi connectivity index (χ3n) is 10.8. The molecule has 0 saturated heterocycles. The molecule has 9 atom stereocenters. The molecular formula is C29H50O4. The molecular weight excluding hydrogens is 412 g/mol. The highest BCUT2D eigenvalue weighted by Crippen LogP contribution is 2.67. The van der Waals surface area contributed by atoms with Crippen LogP contribution in [0.25, 0.3) is 0 Å². The number of allylic oxidation sites excluding steroid dienone is 1. The minimum Gasteiger partial charge on any atom is -0.394 e. The van der Waals surface area contributed by atoms with Gasteiger partial charge in [0.1, 0.15) is 6.10 Å². The van der Waals surface area contributed by atoms with E-state index >= 15 is 0 Å². The predicted molar refractivity (Wildman–Crippen MR) is 133 cm³/mol. The van der Waals surface area contributed by atoms with Crippen molar-refractivity contribution in [1.29, 1.82) is 0 Å². The summed E-state index contributed by atoms with van der Waals surface area (Å²) in [7, 11) is 0. The average molecular weight is 463 g/mol. The van der Waals surface area contributed by atoms with Crippen LogP contribution in [0.3, 0.4) is 0 Å². The van der Waals surface area contributed by atoms with Gasteiger partial charge in [-0.1, -0.05) is 39.7 Å². The van der Waals surface area contributed by atoms with Gasteiger partial charge in [-0.05, 0) is 111 Å². The quantitative estimate of drug-likeness (QED) is 0.417. The molecule has 4 aliphatic rings. The van der Waals surface area contributed by atoms with E-state index in [1.54, 1.807) is 0 Å². The van der Waals surface area contributed by atoms with Crippen LogP contribution in [0, 0.1) is 40.4 Å². The summed E-state index contributed by atoms with van der Waals surface area (Å²) in [4.78, 5) is 0. The Morgan fingerprint density at radius 1 is 1.12 bits per heavy atom. The number of rotatable bonds is 8. The van der Waals surface area contributed by atoms with Crippen molar-refractivity contribution in [3.8, 4) is 0 Å². The van der Waals surface area contributed by atoms with Crippen LogP contribution in [0.15, 0.2) is 11.6 Å². The molecule has 0 heterocycles. The van der Waals surface area contributed by atoms with Crippen LogP contribution >= 0.6 is 0 Å². The smallest absolute Gasteiger partial charge is 0.102 e. The molecule has 4 rings (SSSR count). The molecule has 0 amide bonds. The van der Waals surface area contributed by atoms with Crippen LogP contribution in [0.1, 0.15) is 98.8 Å². The Morgan fingerprint density at radius 2 is 1.88 bits per heavy atom. The Morgan fingerprint density at radius 3 is 2.58 bits per heavy atom. The van der Waals surface area contributed by atoms with E-state index in [1.165, 1.54) is 37.7 Å². The molecule has 33 heavy (non-hydrogen) atoms. The maximum absolute atomic E-state index is 11.1. The SMILES string of the molecule is C[C@H](CCCC(C)(C)O)[C@H]1CC[C@H]2[C@@H]3CC=C4[C@@H](O)[C@@H](OCCO)CC[C@]4(C)[C@H]3CC[C@]12C. The highest BCUT2D eigenvalue weighted by atomic mass is 16.5. The first-order valence-corrected chi connectivity index (χ1v) is 13.8. The van der Waals surface area contributed by atoms with E-state index in [2.05, 4.69) is 26.8 Å². The maximum Gasteiger partial charge on any atom is 0.102 e. The van der Waals surface area contributed by atoms with E-state index in [4.69, 9.17) is 9.84 Å². The van der Waals surface area contributed by atoms with Crippen LogP contribution in [0.2, 0.25) is 0 Å². The molecule has 4 nitrogen and oxygen atoms in total. The van der Waals surface area contributed by atoms with Crippen molar-refractivity contribution in [2.24, 2.45) is 40.4 Å². The third-order valence-corrected chi connectivity index (χ3v) is 10.8. The fraction of sp³-hybridized carbons (Fsp3) is 0.931. The third kappa shape index (κ3) is 4.71. The van der Waals surface area contributed by atoms with Gasteiger partial charge in [0.05, 0.1) is 24.9 Å². The second kappa shape index (κ2) is 9.56. The molecule has 0 aromatic rings. The highest BCUT2D eigenvalue weighted by molar-refractivity contribution is 5.29. The Hall–Kier alpha value is -0.420. The summed E-state index contributed by atoms with van der Waals surface area (Å²) >= 11 is 0. The summed E-state index contributed by atoms with van der Waals surface area (Å²) in [6.07, 6.45) is 13.4. The normalized spacial score (nSPS) is 43.9. The molecule has 3 fully saturated rings. The van der Waals surface area contributed by atoms with Gasteiger partial charge in [0.15, 0.2) is 0 Å². The van der Waals surface area contributed by atoms with Gasteiger partial charge in [0.2, 0.25) is 0 Å². The lowest BCUT2D eigenvalue weighted by Gasteiger charge is -2.59. The molecule has 3 N–H and O–H groups in total. The number of ether oxygens (including phenoxy) is 1. The van der Waals surface area contributed by atoms with Crippen LogP contribution in [-0.2, 0) is 4.74 Å². The monoisotopic (exact) mass is 462 g/mol. The Labute approximate surface area is 202 Å². The summed E-state index contributed by atoms with van der Waals surface area (Å²) in [5.41, 5.74) is 1.22. The first-order valence-electron chi connectivity index (χ1n) is 13.8. The van der Waals surface area contributed by atoms with Crippen molar-refractivity contribution in [2.45, 2.75) is 117 Å². The summed E-state index contributed by atoms with van der Waals surface area (Å²) in [5, 5.41) is 30.4. The second-order valence-electron chi connectivity index (χ2n) is 13.2. The van der Waals surface area contributed by atoms with Crippen molar-refractivity contribution < 1.29 is 20.1 Å². The molecule has 190 valence electrons. The van der Waals surface area contributed by atoms with Gasteiger partial charge in [-0.25, -0.2) is 0 Å². The molecule has 0 aromatic heterocycles. The van der Waals surface area contributed by atoms with Gasteiger partial charge in [-0.2, -0.15) is 0 Å². The lowest BCUT2D eigenvalue weighted by molar-refractivity contribution is -0.0998. The number of hydrogen-bond donors (Lipinski definition) is 3. The van der Waals surface area contributed by atoms with Gasteiger partial charge in [0, 0.05) is 0 Å². The summed E-state index contributed by atoms with van der Waals surface area (Å²) in [6.45, 7) is 11.7. The minimum absolute atomic E-state index is 0.0157. The van der Waals surface area contributed by atoms with Crippen molar-refractivity contribution in [2.75, 3.05) is 13.2 Å². The lowest BCUT2D eigenvalue weighted by Crippen LogP contribution is -2.54. The lowest BCUT2D eigenvalue weighted by atomic mass is 9.46. The van der Waals surface area contributed by atoms with E-state index in [1.807, 2.05) is 13.8 Å². The molecule has 0 spiro atoms. The van der Waals surface area contributed by atoms with Crippen LogP contribution < -0.4 is 0 Å². The first-order chi connectivity index (χ1) is 15.5. The Bertz CT molecular complexity index is 711. The molecule has 4 aliphatic carbocycles. The maximum atomic E-state index is 11.1. The van der Waals surface area contributed by atoms with Crippen molar-refractivity contribution in [1.82, 2.24) is 0 Å². The Kier molecular flexibility index (Phi) is 7.44. The van der Waals surface area contributed by atoms with Crippen LogP contribution in [-0.4, -0.2) is 46.3 Å². The van der Waals surface area contributed by atoms with Gasteiger partial charge in [-0.15, -0.1) is 0 Å². The van der Waals surface area contributed by atoms with E-state index in [0.29, 0.717) is 17.9 Å². The number of aliphatic hydroxyl groups excluding tert-OH is 2. The highest BCUT2D eigenvalue weighted by Gasteiger charge is 2.60. The van der Waals surface area contributed by atoms with E-state index in [0.717, 1.165) is 55.8 Å². The number of aliphatic hydroxyl groups is 3. The standard InChI is InChI=1S/C29H50O4/c1-19(7-6-14-27(2,3)32)21-10-11-22-20-8-9-24-26(31)25(33-18-17-30)13-16-29(24,5)23(20)12-15-28(21,22)4/h9,19-23,25-26,30-32H,6-8,10-18H2,1-5H3/t19-,20+,21-,22+,23+,25+,26-,28-,29-/m1/s1. The largest absolute Gasteiger partial charge is 0.394 e. The zero-order valence-electron chi connectivity index (χ0n) is 21.9. The van der Waals surface area contributed by atoms with Crippen molar-refractivity contribution in [3.05, 3.63) is 11.6 Å². The number of fused-ring (bicyclic) bond motifs is 5. The van der Waals surface area contributed by atoms with Gasteiger partial charge in [-0.3, -0.25) is 0 Å². The van der Waals surface area contributed by atoms with Crippen molar-refractivity contribution >= 4 is 0 Å². The fourth-order valence-electron chi connectivity index (χ4n) is 9.12. The predicted octanol–water partition coefficient (Wildman–Crippen LogP) is 5.49. The molecule has 0 aliphatic heterocycles. The fourth-order valence-corrected chi connectivity index (χ4v) is 9.12. The molecule has 3 saturated carbocycles. The van der Waals surface area contributed by atoms with Gasteiger partial charge in [0.25, 0.3) is 0 Å². The van der Waals surface area contributed by atoms with E-state index in [9.17, 15) is 10.2 Å². The second-order valence-corrected chi connectivity index (χ2v) is 13.2. The molecule has 0 radical (unpaired) electrons. The minimum atomic E-state index is -0.547. The van der Waals surface area contributed by atoms with Crippen molar-refractivity contribution in [3.63, 3.8) is 0 Å². The molecule has 0 unspecified atom stereocenters. The number of hydrogen-bond acceptors (Lipinski definition) is 4. The summed E-state index contributed by atoms with van der Waals surface area (Å²) < 4.78 is 5.80. The van der Waals surface area contributed by atoms with Gasteiger partial charge >= 0.3 is 0 Å². The summed E-state index contributed by atoms with van der Waals surface area (Å²) in [5.74, 6) is 3.75.